The number of nitrogens with one attached hydrogen (secondary N) is 1. The largest absolute Gasteiger partial charge is 0.416 e. The molecule has 0 amide bonds. The number of H-pyrrole nitrogens is 1. The van der Waals surface area contributed by atoms with E-state index in [-0.39, 0.29) is 11.3 Å². The van der Waals surface area contributed by atoms with Gasteiger partial charge < -0.3 is 0 Å². The summed E-state index contributed by atoms with van der Waals surface area (Å²) in [6.07, 6.45) is 0.0104. The molecule has 0 atom stereocenters. The van der Waals surface area contributed by atoms with Gasteiger partial charge in [-0.25, -0.2) is 4.39 Å². The number of rotatable bonds is 3. The van der Waals surface area contributed by atoms with Crippen LogP contribution in [-0.2, 0) is 6.18 Å². The zero-order chi connectivity index (χ0) is 18.7. The van der Waals surface area contributed by atoms with Crippen molar-refractivity contribution in [3.8, 4) is 17.2 Å². The predicted octanol–water partition coefficient (Wildman–Crippen LogP) is 5.28. The van der Waals surface area contributed by atoms with Crippen LogP contribution in [0.2, 0.25) is 0 Å². The summed E-state index contributed by atoms with van der Waals surface area (Å²) in [5.41, 5.74) is 0.829. The molecule has 3 nitrogen and oxygen atoms in total. The number of alkyl halides is 3. The van der Waals surface area contributed by atoms with E-state index in [9.17, 15) is 17.6 Å². The highest BCUT2D eigenvalue weighted by molar-refractivity contribution is 5.75. The van der Waals surface area contributed by atoms with Crippen LogP contribution in [-0.4, -0.2) is 10.2 Å². The summed E-state index contributed by atoms with van der Waals surface area (Å²) in [5, 5.41) is 15.2. The van der Waals surface area contributed by atoms with Crippen molar-refractivity contribution in [2.45, 2.75) is 6.18 Å². The topological polar surface area (TPSA) is 52.5 Å². The SMILES string of the molecule is N#Cc1[nH]ncc1-c1cc(/C=C/c2cccc(C(F)(F)F)c2)ccc1F. The number of aromatic nitrogens is 2. The van der Waals surface area contributed by atoms with E-state index in [2.05, 4.69) is 10.2 Å². The highest BCUT2D eigenvalue weighted by Crippen LogP contribution is 2.30. The number of hydrogen-bond donors (Lipinski definition) is 1. The Morgan fingerprint density at radius 2 is 1.73 bits per heavy atom. The summed E-state index contributed by atoms with van der Waals surface area (Å²) in [6, 6.07) is 11.0. The zero-order valence-corrected chi connectivity index (χ0v) is 13.2. The molecule has 0 bridgehead atoms. The lowest BCUT2D eigenvalue weighted by atomic mass is 10.0. The fourth-order valence-corrected chi connectivity index (χ4v) is 2.44. The van der Waals surface area contributed by atoms with Crippen LogP contribution >= 0.6 is 0 Å². The van der Waals surface area contributed by atoms with Gasteiger partial charge in [0.15, 0.2) is 0 Å². The molecule has 3 aromatic rings. The molecule has 26 heavy (non-hydrogen) atoms. The van der Waals surface area contributed by atoms with Crippen LogP contribution in [0, 0.1) is 17.1 Å². The maximum Gasteiger partial charge on any atom is 0.416 e. The third-order valence-electron chi connectivity index (χ3n) is 3.71. The molecule has 1 N–H and O–H groups in total. The molecule has 7 heteroatoms. The Kier molecular flexibility index (Phi) is 4.59. The Balaban J connectivity index is 1.93. The fourth-order valence-electron chi connectivity index (χ4n) is 2.44. The number of hydrogen-bond acceptors (Lipinski definition) is 2. The van der Waals surface area contributed by atoms with E-state index in [0.29, 0.717) is 16.7 Å². The predicted molar refractivity (Wildman–Crippen MR) is 89.1 cm³/mol. The van der Waals surface area contributed by atoms with Gasteiger partial charge in [0.25, 0.3) is 0 Å². The quantitative estimate of drug-likeness (QED) is 0.512. The first kappa shape index (κ1) is 17.4. The first-order chi connectivity index (χ1) is 12.4. The number of nitriles is 1. The molecule has 0 aliphatic heterocycles. The van der Waals surface area contributed by atoms with Gasteiger partial charge in [-0.1, -0.05) is 30.4 Å². The van der Waals surface area contributed by atoms with Crippen molar-refractivity contribution in [3.63, 3.8) is 0 Å². The molecule has 3 rings (SSSR count). The number of nitrogens with zero attached hydrogens (tertiary/aromatic N) is 2. The van der Waals surface area contributed by atoms with Crippen LogP contribution in [0.25, 0.3) is 23.3 Å². The second kappa shape index (κ2) is 6.84. The maximum atomic E-state index is 14.1. The monoisotopic (exact) mass is 357 g/mol. The molecule has 1 aromatic heterocycles. The number of halogens is 4. The van der Waals surface area contributed by atoms with Gasteiger partial charge in [-0.2, -0.15) is 23.5 Å². The molecule has 0 aliphatic carbocycles. The molecular formula is C19H11F4N3. The van der Waals surface area contributed by atoms with Gasteiger partial charge in [-0.3, -0.25) is 5.10 Å². The van der Waals surface area contributed by atoms with Crippen LogP contribution < -0.4 is 0 Å². The molecular weight excluding hydrogens is 346 g/mol. The first-order valence-corrected chi connectivity index (χ1v) is 7.47. The van der Waals surface area contributed by atoms with Gasteiger partial charge in [-0.05, 0) is 35.4 Å². The Hall–Kier alpha value is -3.40. The lowest BCUT2D eigenvalue weighted by molar-refractivity contribution is -0.137. The maximum absolute atomic E-state index is 14.1. The van der Waals surface area contributed by atoms with E-state index in [1.807, 2.05) is 6.07 Å². The van der Waals surface area contributed by atoms with Crippen molar-refractivity contribution in [2.75, 3.05) is 0 Å². The van der Waals surface area contributed by atoms with Gasteiger partial charge in [0.05, 0.1) is 11.8 Å². The second-order valence-electron chi connectivity index (χ2n) is 5.47. The summed E-state index contributed by atoms with van der Waals surface area (Å²) < 4.78 is 52.4. The summed E-state index contributed by atoms with van der Waals surface area (Å²) >= 11 is 0. The van der Waals surface area contributed by atoms with Crippen LogP contribution in [0.15, 0.2) is 48.7 Å². The summed E-state index contributed by atoms with van der Waals surface area (Å²) in [5.74, 6) is -0.529. The van der Waals surface area contributed by atoms with Gasteiger partial charge >= 0.3 is 6.18 Å². The second-order valence-corrected chi connectivity index (χ2v) is 5.47. The Bertz CT molecular complexity index is 1010. The third kappa shape index (κ3) is 3.64. The smallest absolute Gasteiger partial charge is 0.267 e. The van der Waals surface area contributed by atoms with Gasteiger partial charge in [0, 0.05) is 11.1 Å². The molecule has 0 aliphatic rings. The molecule has 2 aromatic carbocycles. The minimum Gasteiger partial charge on any atom is -0.267 e. The van der Waals surface area contributed by atoms with Crippen LogP contribution in [0.3, 0.4) is 0 Å². The highest BCUT2D eigenvalue weighted by atomic mass is 19.4. The third-order valence-corrected chi connectivity index (χ3v) is 3.71. The van der Waals surface area contributed by atoms with E-state index in [1.165, 1.54) is 36.5 Å². The lowest BCUT2D eigenvalue weighted by Gasteiger charge is -2.07. The van der Waals surface area contributed by atoms with Crippen molar-refractivity contribution >= 4 is 12.2 Å². The molecule has 0 spiro atoms. The number of aromatic amines is 1. The molecule has 0 unspecified atom stereocenters. The van der Waals surface area contributed by atoms with Crippen molar-refractivity contribution < 1.29 is 17.6 Å². The van der Waals surface area contributed by atoms with Crippen LogP contribution in [0.4, 0.5) is 17.6 Å². The summed E-state index contributed by atoms with van der Waals surface area (Å²) in [6.45, 7) is 0. The standard InChI is InChI=1S/C19H11F4N3/c20-17-7-6-13(9-15(17)16-11-25-26-18(16)10-24)5-4-12-2-1-3-14(8-12)19(21,22)23/h1-9,11H,(H,25,26)/b5-4+. The molecule has 0 saturated heterocycles. The Morgan fingerprint density at radius 3 is 2.42 bits per heavy atom. The van der Waals surface area contributed by atoms with Crippen molar-refractivity contribution in [2.24, 2.45) is 0 Å². The molecule has 0 saturated carbocycles. The number of benzene rings is 2. The van der Waals surface area contributed by atoms with Crippen molar-refractivity contribution in [1.82, 2.24) is 10.2 Å². The molecule has 130 valence electrons. The summed E-state index contributed by atoms with van der Waals surface area (Å²) in [7, 11) is 0. The average Bonchev–Trinajstić information content (AvgIpc) is 3.09. The van der Waals surface area contributed by atoms with Crippen LogP contribution in [0.5, 0.6) is 0 Å². The minimum atomic E-state index is -4.41. The molecule has 1 heterocycles. The van der Waals surface area contributed by atoms with Gasteiger partial charge in [0.2, 0.25) is 0 Å². The van der Waals surface area contributed by atoms with E-state index in [1.54, 1.807) is 12.1 Å². The van der Waals surface area contributed by atoms with Crippen molar-refractivity contribution in [1.29, 1.82) is 5.26 Å². The average molecular weight is 357 g/mol. The molecule has 0 radical (unpaired) electrons. The van der Waals surface area contributed by atoms with E-state index in [0.717, 1.165) is 12.1 Å². The zero-order valence-electron chi connectivity index (χ0n) is 13.2. The highest BCUT2D eigenvalue weighted by Gasteiger charge is 2.30. The van der Waals surface area contributed by atoms with E-state index < -0.39 is 17.6 Å². The minimum absolute atomic E-state index is 0.128. The lowest BCUT2D eigenvalue weighted by Crippen LogP contribution is -2.04. The normalized spacial score (nSPS) is 11.7. The Morgan fingerprint density at radius 1 is 1.00 bits per heavy atom. The van der Waals surface area contributed by atoms with E-state index >= 15 is 0 Å². The fraction of sp³-hybridized carbons (Fsp3) is 0.0526. The van der Waals surface area contributed by atoms with Crippen LogP contribution in [0.1, 0.15) is 22.4 Å². The van der Waals surface area contributed by atoms with Gasteiger partial charge in [0.1, 0.15) is 17.6 Å². The summed E-state index contributed by atoms with van der Waals surface area (Å²) in [4.78, 5) is 0. The van der Waals surface area contributed by atoms with Crippen molar-refractivity contribution in [3.05, 3.63) is 76.9 Å². The van der Waals surface area contributed by atoms with Gasteiger partial charge in [-0.15, -0.1) is 0 Å². The first-order valence-electron chi connectivity index (χ1n) is 7.47. The van der Waals surface area contributed by atoms with E-state index in [4.69, 9.17) is 5.26 Å². The molecule has 0 fully saturated rings. The Labute approximate surface area is 146 Å².